The summed E-state index contributed by atoms with van der Waals surface area (Å²) in [5, 5.41) is 2.53. The van der Waals surface area contributed by atoms with E-state index in [4.69, 9.17) is 0 Å². The molecule has 1 aromatic heterocycles. The van der Waals surface area contributed by atoms with Gasteiger partial charge in [-0.15, -0.1) is 0 Å². The molecule has 2 heteroatoms. The second-order valence-corrected chi connectivity index (χ2v) is 20.2. The minimum absolute atomic E-state index is 0.0725. The van der Waals surface area contributed by atoms with Gasteiger partial charge in [0.05, 0.1) is 22.4 Å². The van der Waals surface area contributed by atoms with Crippen LogP contribution in [0, 0.1) is 0 Å². The molecule has 0 amide bonds. The summed E-state index contributed by atoms with van der Waals surface area (Å²) in [6.45, 7) is 14.4. The summed E-state index contributed by atoms with van der Waals surface area (Å²) in [5.41, 5.74) is 25.4. The van der Waals surface area contributed by atoms with Crippen LogP contribution in [0.1, 0.15) is 74.9 Å². The Hall–Kier alpha value is -7.42. The monoisotopic (exact) mass is 834 g/mol. The number of hydrogen-bond acceptors (Lipinski definition) is 1. The predicted molar refractivity (Wildman–Crippen MR) is 274 cm³/mol. The van der Waals surface area contributed by atoms with Crippen molar-refractivity contribution in [3.63, 3.8) is 0 Å². The first kappa shape index (κ1) is 38.1. The second-order valence-electron chi connectivity index (χ2n) is 20.2. The van der Waals surface area contributed by atoms with Crippen molar-refractivity contribution in [2.45, 2.75) is 57.8 Å². The third kappa shape index (κ3) is 5.29. The van der Waals surface area contributed by atoms with Crippen molar-refractivity contribution in [3.8, 4) is 50.2 Å². The maximum atomic E-state index is 2.53. The smallest absolute Gasteiger partial charge is 0.0541 e. The summed E-state index contributed by atoms with van der Waals surface area (Å²) in [6, 6.07) is 73.2. The molecule has 10 aromatic rings. The summed E-state index contributed by atoms with van der Waals surface area (Å²) in [5.74, 6) is 0. The molecule has 2 heterocycles. The van der Waals surface area contributed by atoms with Crippen molar-refractivity contribution in [2.75, 3.05) is 4.90 Å². The fourth-order valence-corrected chi connectivity index (χ4v) is 12.1. The molecule has 65 heavy (non-hydrogen) atoms. The zero-order chi connectivity index (χ0) is 44.0. The van der Waals surface area contributed by atoms with Crippen molar-refractivity contribution in [1.29, 1.82) is 0 Å². The Bertz CT molecular complexity index is 3620. The molecule has 3 aliphatic rings. The lowest BCUT2D eigenvalue weighted by molar-refractivity contribution is 0.627. The largest absolute Gasteiger partial charge is 0.310 e. The Morgan fingerprint density at radius 1 is 0.292 bits per heavy atom. The molecule has 0 radical (unpaired) electrons. The number of anilines is 3. The molecule has 0 unspecified atom stereocenters. The maximum Gasteiger partial charge on any atom is 0.0541 e. The summed E-state index contributed by atoms with van der Waals surface area (Å²) in [6.07, 6.45) is 0. The molecule has 2 aliphatic carbocycles. The van der Waals surface area contributed by atoms with E-state index in [0.29, 0.717) is 0 Å². The van der Waals surface area contributed by atoms with Crippen LogP contribution in [0.15, 0.2) is 194 Å². The minimum Gasteiger partial charge on any atom is -0.310 e. The van der Waals surface area contributed by atoms with Gasteiger partial charge >= 0.3 is 0 Å². The number of aromatic nitrogens is 1. The van der Waals surface area contributed by atoms with Crippen LogP contribution in [0.2, 0.25) is 0 Å². The molecule has 0 N–H and O–H groups in total. The molecule has 0 fully saturated rings. The highest BCUT2D eigenvalue weighted by Gasteiger charge is 2.43. The Labute approximate surface area is 382 Å². The van der Waals surface area contributed by atoms with Gasteiger partial charge in [0.25, 0.3) is 0 Å². The second kappa shape index (κ2) is 13.3. The van der Waals surface area contributed by atoms with Crippen molar-refractivity contribution in [1.82, 2.24) is 4.57 Å². The van der Waals surface area contributed by atoms with Crippen LogP contribution in [0.4, 0.5) is 17.1 Å². The predicted octanol–water partition coefficient (Wildman–Crippen LogP) is 16.8. The zero-order valence-corrected chi connectivity index (χ0v) is 37.9. The third-order valence-corrected chi connectivity index (χ3v) is 15.6. The Morgan fingerprint density at radius 2 is 0.815 bits per heavy atom. The fraction of sp³-hybridized carbons (Fsp3) is 0.143. The third-order valence-electron chi connectivity index (χ3n) is 15.6. The van der Waals surface area contributed by atoms with Crippen LogP contribution in [-0.4, -0.2) is 4.57 Å². The van der Waals surface area contributed by atoms with E-state index in [2.05, 4.69) is 245 Å². The number of para-hydroxylation sites is 1. The van der Waals surface area contributed by atoms with Gasteiger partial charge < -0.3 is 9.47 Å². The van der Waals surface area contributed by atoms with Gasteiger partial charge in [0.2, 0.25) is 0 Å². The first-order valence-corrected chi connectivity index (χ1v) is 23.2. The van der Waals surface area contributed by atoms with E-state index in [0.717, 1.165) is 5.69 Å². The quantitative estimate of drug-likeness (QED) is 0.171. The highest BCUT2D eigenvalue weighted by molar-refractivity contribution is 6.10. The van der Waals surface area contributed by atoms with Gasteiger partial charge in [0.15, 0.2) is 0 Å². The number of rotatable bonds is 4. The van der Waals surface area contributed by atoms with Crippen molar-refractivity contribution >= 4 is 38.9 Å². The number of benzene rings is 9. The molecule has 312 valence electrons. The average molecular weight is 835 g/mol. The fourth-order valence-electron chi connectivity index (χ4n) is 12.1. The van der Waals surface area contributed by atoms with E-state index in [1.165, 1.54) is 117 Å². The lowest BCUT2D eigenvalue weighted by atomic mass is 9.71. The summed E-state index contributed by atoms with van der Waals surface area (Å²) in [7, 11) is 0. The molecule has 9 aromatic carbocycles. The SMILES string of the molecule is CC1(C)c2ccccc2-c2ccc(-n3c4ccccc4c4cc(-c5ccc6c(c5)C(C)(C)c5cc7c(cc5N6c5ccc(-c6ccccc6)cc5)C(C)(C)c5ccccc5-7)ccc43)cc21. The van der Waals surface area contributed by atoms with Crippen LogP contribution in [0.5, 0.6) is 0 Å². The van der Waals surface area contributed by atoms with Gasteiger partial charge in [-0.1, -0.05) is 169 Å². The summed E-state index contributed by atoms with van der Waals surface area (Å²) < 4.78 is 2.47. The Balaban J connectivity index is 0.967. The van der Waals surface area contributed by atoms with E-state index in [-0.39, 0.29) is 16.2 Å². The van der Waals surface area contributed by atoms with Crippen LogP contribution >= 0.6 is 0 Å². The van der Waals surface area contributed by atoms with Crippen LogP contribution in [0.25, 0.3) is 72.0 Å². The van der Waals surface area contributed by atoms with Crippen LogP contribution in [0.3, 0.4) is 0 Å². The van der Waals surface area contributed by atoms with E-state index in [1.807, 2.05) is 0 Å². The Morgan fingerprint density at radius 3 is 1.57 bits per heavy atom. The molecule has 2 nitrogen and oxygen atoms in total. The van der Waals surface area contributed by atoms with E-state index in [9.17, 15) is 0 Å². The highest BCUT2D eigenvalue weighted by Crippen LogP contribution is 2.58. The maximum absolute atomic E-state index is 2.53. The minimum atomic E-state index is -0.279. The van der Waals surface area contributed by atoms with Gasteiger partial charge in [-0.05, 0) is 145 Å². The number of nitrogens with zero attached hydrogens (tertiary/aromatic N) is 2. The van der Waals surface area contributed by atoms with E-state index in [1.54, 1.807) is 0 Å². The molecule has 0 bridgehead atoms. The lowest BCUT2D eigenvalue weighted by Crippen LogP contribution is -2.31. The van der Waals surface area contributed by atoms with Crippen molar-refractivity contribution < 1.29 is 0 Å². The molecule has 0 spiro atoms. The Kier molecular flexibility index (Phi) is 7.80. The summed E-state index contributed by atoms with van der Waals surface area (Å²) in [4.78, 5) is 2.53. The van der Waals surface area contributed by atoms with Crippen LogP contribution < -0.4 is 4.90 Å². The van der Waals surface area contributed by atoms with Gasteiger partial charge in [0, 0.05) is 38.4 Å². The zero-order valence-electron chi connectivity index (χ0n) is 37.9. The molecule has 13 rings (SSSR count). The summed E-state index contributed by atoms with van der Waals surface area (Å²) >= 11 is 0. The molecule has 1 aliphatic heterocycles. The lowest BCUT2D eigenvalue weighted by Gasteiger charge is -2.43. The van der Waals surface area contributed by atoms with Gasteiger partial charge in [-0.2, -0.15) is 0 Å². The van der Waals surface area contributed by atoms with Crippen molar-refractivity contribution in [3.05, 3.63) is 228 Å². The van der Waals surface area contributed by atoms with Crippen molar-refractivity contribution in [2.24, 2.45) is 0 Å². The van der Waals surface area contributed by atoms with E-state index >= 15 is 0 Å². The number of fused-ring (bicyclic) bond motifs is 11. The number of hydrogen-bond donors (Lipinski definition) is 0. The first-order chi connectivity index (χ1) is 31.5. The average Bonchev–Trinajstić information content (AvgIpc) is 3.88. The molecule has 0 saturated heterocycles. The molecule has 0 atom stereocenters. The standard InChI is InChI=1S/C63H50N2/c1-61(2)51-21-13-10-18-45(51)47-31-30-44(36-53(47)61)65-57-23-15-12-20-48(57)50-34-41(26-32-58(50)65)42-27-33-59-55(35-42)63(5,6)56-37-49-46-19-11-14-22-52(46)62(3,4)54(49)38-60(56)64(59)43-28-24-40(25-29-43)39-16-8-7-9-17-39/h7-38H,1-6H3. The van der Waals surface area contributed by atoms with E-state index < -0.39 is 0 Å². The topological polar surface area (TPSA) is 8.17 Å². The van der Waals surface area contributed by atoms with Gasteiger partial charge in [0.1, 0.15) is 0 Å². The van der Waals surface area contributed by atoms with Gasteiger partial charge in [-0.25, -0.2) is 0 Å². The first-order valence-electron chi connectivity index (χ1n) is 23.2. The van der Waals surface area contributed by atoms with Crippen LogP contribution in [-0.2, 0) is 16.2 Å². The van der Waals surface area contributed by atoms with Gasteiger partial charge in [-0.3, -0.25) is 0 Å². The molecular weight excluding hydrogens is 785 g/mol. The molecule has 0 saturated carbocycles. The molecular formula is C63H50N2. The normalized spacial score (nSPS) is 15.6. The highest BCUT2D eigenvalue weighted by atomic mass is 15.2.